The summed E-state index contributed by atoms with van der Waals surface area (Å²) in [6, 6.07) is 33.0. The zero-order valence-electron chi connectivity index (χ0n) is 36.5. The normalized spacial score (nSPS) is 11.5. The number of fused-ring (bicyclic) bond motifs is 2. The van der Waals surface area contributed by atoms with Crippen molar-refractivity contribution in [3.63, 3.8) is 0 Å². The van der Waals surface area contributed by atoms with Gasteiger partial charge >= 0.3 is 0 Å². The molecule has 2 atom stereocenters. The second-order valence-electron chi connectivity index (χ2n) is 15.0. The van der Waals surface area contributed by atoms with Crippen LogP contribution in [0, 0.1) is 6.92 Å². The number of nitrogens with zero attached hydrogens (tertiary/aromatic N) is 8. The van der Waals surface area contributed by atoms with Crippen molar-refractivity contribution in [3.05, 3.63) is 199 Å². The zero-order valence-corrected chi connectivity index (χ0v) is 39.6. The molecule has 0 fully saturated rings. The largest absolute Gasteiger partial charge is 0.449 e. The zero-order chi connectivity index (χ0) is 47.9. The molecule has 10 aromatic rings. The lowest BCUT2D eigenvalue weighted by Crippen LogP contribution is -2.26. The van der Waals surface area contributed by atoms with Gasteiger partial charge in [0.05, 0.1) is 55.3 Å². The molecule has 16 nitrogen and oxygen atoms in total. The number of nitrogens with two attached hydrogens (primary N) is 2. The Bertz CT molecular complexity index is 3470. The molecule has 358 valence electrons. The van der Waals surface area contributed by atoms with Crippen molar-refractivity contribution >= 4 is 84.2 Å². The smallest absolute Gasteiger partial charge is 0.264 e. The van der Waals surface area contributed by atoms with Gasteiger partial charge in [-0.15, -0.1) is 0 Å². The van der Waals surface area contributed by atoms with Crippen LogP contribution in [0.5, 0.6) is 0 Å². The van der Waals surface area contributed by atoms with E-state index in [-0.39, 0.29) is 50.0 Å². The number of anilines is 4. The lowest BCUT2D eigenvalue weighted by molar-refractivity contribution is 0.521. The van der Waals surface area contributed by atoms with Crippen molar-refractivity contribution in [1.29, 1.82) is 0 Å². The molecule has 0 unspecified atom stereocenters. The number of para-hydroxylation sites is 2. The Balaban J connectivity index is 0.000000201. The summed E-state index contributed by atoms with van der Waals surface area (Å²) in [7, 11) is 0. The first-order valence-corrected chi connectivity index (χ1v) is 22.4. The van der Waals surface area contributed by atoms with Gasteiger partial charge < -0.3 is 30.9 Å². The molecule has 6 N–H and O–H groups in total. The summed E-state index contributed by atoms with van der Waals surface area (Å²) >= 11 is 16.2. The molecule has 19 heteroatoms. The summed E-state index contributed by atoms with van der Waals surface area (Å²) in [5.41, 5.74) is 14.7. The first kappa shape index (κ1) is 51.5. The van der Waals surface area contributed by atoms with Crippen molar-refractivity contribution in [3.8, 4) is 22.8 Å². The van der Waals surface area contributed by atoms with Crippen LogP contribution in [0.2, 0.25) is 10.0 Å². The molecule has 0 bridgehead atoms. The summed E-state index contributed by atoms with van der Waals surface area (Å²) in [5, 5.41) is 9.97. The van der Waals surface area contributed by atoms with E-state index in [1.807, 2.05) is 111 Å². The van der Waals surface area contributed by atoms with Crippen molar-refractivity contribution < 1.29 is 8.83 Å². The fourth-order valence-corrected chi connectivity index (χ4v) is 8.19. The fourth-order valence-electron chi connectivity index (χ4n) is 7.36. The fraction of sp³-hybridized carbons (Fsp3) is 0.137. The van der Waals surface area contributed by atoms with Crippen LogP contribution in [0.4, 0.5) is 23.5 Å². The van der Waals surface area contributed by atoms with E-state index in [0.717, 1.165) is 39.4 Å². The number of halogens is 3. The summed E-state index contributed by atoms with van der Waals surface area (Å²) in [6.45, 7) is 5.69. The van der Waals surface area contributed by atoms with Crippen molar-refractivity contribution in [2.75, 3.05) is 22.1 Å². The number of aromatic nitrogens is 8. The predicted molar refractivity (Wildman–Crippen MR) is 284 cm³/mol. The van der Waals surface area contributed by atoms with Crippen LogP contribution < -0.4 is 33.2 Å². The van der Waals surface area contributed by atoms with Crippen molar-refractivity contribution in [1.82, 2.24) is 39.0 Å². The van der Waals surface area contributed by atoms with Crippen molar-refractivity contribution in [2.24, 2.45) is 0 Å². The quantitative estimate of drug-likeness (QED) is 0.106. The minimum Gasteiger partial charge on any atom is -0.449 e. The van der Waals surface area contributed by atoms with Gasteiger partial charge in [-0.2, -0.15) is 9.97 Å². The number of hydrogen-bond acceptors (Lipinski definition) is 14. The maximum Gasteiger partial charge on any atom is 0.264 e. The summed E-state index contributed by atoms with van der Waals surface area (Å²) < 4.78 is 14.2. The van der Waals surface area contributed by atoms with Crippen molar-refractivity contribution in [2.45, 2.75) is 47.7 Å². The summed E-state index contributed by atoms with van der Waals surface area (Å²) in [4.78, 5) is 51.6. The minimum absolute atomic E-state index is 0. The minimum atomic E-state index is -0.357. The molecular formula is C51H49BrCl2N12O4. The number of benzene rings is 4. The molecule has 0 aliphatic heterocycles. The van der Waals surface area contributed by atoms with E-state index in [2.05, 4.69) is 56.5 Å². The van der Waals surface area contributed by atoms with E-state index in [1.165, 1.54) is 6.26 Å². The average Bonchev–Trinajstić information content (AvgIpc) is 4.06. The molecule has 0 aliphatic rings. The first-order valence-electron chi connectivity index (χ1n) is 20.9. The molecule has 0 spiro atoms. The van der Waals surface area contributed by atoms with E-state index in [1.54, 1.807) is 59.2 Å². The highest BCUT2D eigenvalue weighted by molar-refractivity contribution is 9.10. The molecular weight excluding hydrogens is 995 g/mol. The standard InChI is InChI=1S/C24H19ClN6O2.C21H17BrClN5O.C4H5NO.2CH4/c1-14(29-21-17(13-28-24(26)30-21)22-27-10-11-33-22)19-12-15-6-5-9-18(25)20(15)23(32)31(19)16-7-3-2-4-8-16;1-12(26-19-15(22)11-25-21(24)27-19)17-10-13-6-5-9-16(23)18(13)20(29)28(17)14-7-3-2-4-8-14;1-4-5-2-3-6-4;;/h2-14H,1H3,(H3,26,28,29,30);2-12H,1H3,(H3,24,25,26,27);2-3H,1H3;2*1H4/t14-;12-;;;/m00.../s1. The third-order valence-electron chi connectivity index (χ3n) is 10.5. The van der Waals surface area contributed by atoms with Gasteiger partial charge in [0.2, 0.25) is 17.8 Å². The van der Waals surface area contributed by atoms with E-state index < -0.39 is 0 Å². The average molecular weight is 1040 g/mol. The van der Waals surface area contributed by atoms with E-state index in [9.17, 15) is 9.59 Å². The highest BCUT2D eigenvalue weighted by Gasteiger charge is 2.22. The van der Waals surface area contributed by atoms with Gasteiger partial charge in [0.25, 0.3) is 11.1 Å². The number of rotatable bonds is 9. The Morgan fingerprint density at radius 1 is 0.614 bits per heavy atom. The SMILES string of the molecule is C.C.C[C@H](Nc1nc(N)ncc1-c1ncco1)c1cc2cccc(Cl)c2c(=O)n1-c1ccccc1.C[C@H](Nc1nc(N)ncc1Br)c1cc2cccc(Cl)c2c(=O)n1-c1ccccc1.Cc1ncco1. The highest BCUT2D eigenvalue weighted by Crippen LogP contribution is 2.32. The molecule has 6 aromatic heterocycles. The Kier molecular flexibility index (Phi) is 16.9. The Labute approximate surface area is 421 Å². The van der Waals surface area contributed by atoms with Crippen LogP contribution in [-0.2, 0) is 0 Å². The number of nitrogen functional groups attached to an aromatic ring is 2. The number of pyridine rings is 2. The van der Waals surface area contributed by atoms with Crippen LogP contribution in [-0.4, -0.2) is 39.0 Å². The predicted octanol–water partition coefficient (Wildman–Crippen LogP) is 12.1. The summed E-state index contributed by atoms with van der Waals surface area (Å²) in [5.74, 6) is 2.32. The first-order chi connectivity index (χ1) is 32.9. The Morgan fingerprint density at radius 3 is 1.54 bits per heavy atom. The maximum atomic E-state index is 13.6. The molecule has 0 saturated heterocycles. The highest BCUT2D eigenvalue weighted by atomic mass is 79.9. The molecule has 0 aliphatic carbocycles. The Hall–Kier alpha value is -7.86. The molecule has 0 saturated carbocycles. The Morgan fingerprint density at radius 2 is 1.09 bits per heavy atom. The monoisotopic (exact) mass is 1040 g/mol. The topological polar surface area (TPSA) is 224 Å². The molecule has 10 rings (SSSR count). The van der Waals surface area contributed by atoms with Crippen LogP contribution >= 0.6 is 39.1 Å². The lowest BCUT2D eigenvalue weighted by atomic mass is 10.1. The second kappa shape index (κ2) is 23.0. The van der Waals surface area contributed by atoms with Gasteiger partial charge in [0.15, 0.2) is 5.89 Å². The molecule has 6 heterocycles. The third kappa shape index (κ3) is 11.3. The molecule has 0 amide bonds. The van der Waals surface area contributed by atoms with Gasteiger partial charge in [0, 0.05) is 42.1 Å². The van der Waals surface area contributed by atoms with Gasteiger partial charge in [-0.1, -0.05) is 98.7 Å². The van der Waals surface area contributed by atoms with Gasteiger partial charge in [-0.05, 0) is 89.1 Å². The summed E-state index contributed by atoms with van der Waals surface area (Å²) in [6.07, 6.45) is 9.32. The number of nitrogens with one attached hydrogen (secondary N) is 2. The van der Waals surface area contributed by atoms with E-state index >= 15 is 0 Å². The third-order valence-corrected chi connectivity index (χ3v) is 11.7. The second-order valence-corrected chi connectivity index (χ2v) is 16.7. The molecule has 0 radical (unpaired) electrons. The lowest BCUT2D eigenvalue weighted by Gasteiger charge is -2.22. The van der Waals surface area contributed by atoms with Crippen LogP contribution in [0.15, 0.2) is 169 Å². The number of oxazole rings is 2. The van der Waals surface area contributed by atoms with Gasteiger partial charge in [0.1, 0.15) is 24.2 Å². The van der Waals surface area contributed by atoms with Crippen LogP contribution in [0.1, 0.15) is 58.1 Å². The number of hydrogen-bond donors (Lipinski definition) is 4. The number of aryl methyl sites for hydroxylation is 1. The van der Waals surface area contributed by atoms with Gasteiger partial charge in [-0.25, -0.2) is 19.9 Å². The van der Waals surface area contributed by atoms with E-state index in [4.69, 9.17) is 43.5 Å². The molecule has 70 heavy (non-hydrogen) atoms. The van der Waals surface area contributed by atoms with E-state index in [0.29, 0.717) is 48.4 Å². The van der Waals surface area contributed by atoms with Gasteiger partial charge in [-0.3, -0.25) is 18.7 Å². The van der Waals surface area contributed by atoms with Crippen LogP contribution in [0.3, 0.4) is 0 Å². The maximum absolute atomic E-state index is 13.6. The van der Waals surface area contributed by atoms with Crippen LogP contribution in [0.25, 0.3) is 44.4 Å². The molecule has 4 aromatic carbocycles.